The summed E-state index contributed by atoms with van der Waals surface area (Å²) in [4.78, 5) is 0. The Balaban J connectivity index is 3.16. The Hall–Kier alpha value is -1.00. The van der Waals surface area contributed by atoms with E-state index in [1.54, 1.807) is 12.1 Å². The number of nitrogens with one attached hydrogen (secondary N) is 1. The topological polar surface area (TPSA) is 38.0 Å². The number of hydrogen-bond donors (Lipinski definition) is 2. The van der Waals surface area contributed by atoms with E-state index in [4.69, 9.17) is 5.84 Å². The van der Waals surface area contributed by atoms with Crippen LogP contribution in [-0.2, 0) is 0 Å². The first-order valence-electron chi connectivity index (χ1n) is 5.43. The van der Waals surface area contributed by atoms with Crippen LogP contribution in [0.2, 0.25) is 0 Å². The van der Waals surface area contributed by atoms with Crippen molar-refractivity contribution >= 4 is 0 Å². The van der Waals surface area contributed by atoms with Crippen LogP contribution in [0.3, 0.4) is 0 Å². The normalized spacial score (nSPS) is 14.9. The lowest BCUT2D eigenvalue weighted by Gasteiger charge is -2.23. The van der Waals surface area contributed by atoms with E-state index in [1.807, 2.05) is 13.8 Å². The van der Waals surface area contributed by atoms with Gasteiger partial charge in [0.25, 0.3) is 0 Å². The molecule has 0 amide bonds. The van der Waals surface area contributed by atoms with Crippen LogP contribution >= 0.6 is 0 Å². The van der Waals surface area contributed by atoms with E-state index >= 15 is 0 Å². The number of hydrogen-bond acceptors (Lipinski definition) is 2. The lowest BCUT2D eigenvalue weighted by molar-refractivity contribution is 0.363. The highest BCUT2D eigenvalue weighted by atomic mass is 19.2. The third-order valence-corrected chi connectivity index (χ3v) is 3.03. The summed E-state index contributed by atoms with van der Waals surface area (Å²) in [6, 6.07) is 2.80. The van der Waals surface area contributed by atoms with Crippen LogP contribution in [0.15, 0.2) is 12.1 Å². The van der Waals surface area contributed by atoms with Crippen molar-refractivity contribution in [2.24, 2.45) is 11.8 Å². The molecule has 1 aromatic carbocycles. The molecule has 0 radical (unpaired) electrons. The zero-order valence-electron chi connectivity index (χ0n) is 9.85. The van der Waals surface area contributed by atoms with Gasteiger partial charge in [0.15, 0.2) is 11.6 Å². The van der Waals surface area contributed by atoms with Crippen molar-refractivity contribution in [1.29, 1.82) is 0 Å². The summed E-state index contributed by atoms with van der Waals surface area (Å²) in [5.74, 6) is 3.95. The molecule has 90 valence electrons. The van der Waals surface area contributed by atoms with Gasteiger partial charge >= 0.3 is 0 Å². The molecule has 0 aromatic heterocycles. The minimum absolute atomic E-state index is 0.140. The van der Waals surface area contributed by atoms with Gasteiger partial charge in [-0.25, -0.2) is 8.78 Å². The van der Waals surface area contributed by atoms with Gasteiger partial charge in [0.05, 0.1) is 6.04 Å². The Labute approximate surface area is 94.8 Å². The van der Waals surface area contributed by atoms with Crippen LogP contribution in [-0.4, -0.2) is 0 Å². The highest BCUT2D eigenvalue weighted by Gasteiger charge is 2.22. The third kappa shape index (κ3) is 2.39. The summed E-state index contributed by atoms with van der Waals surface area (Å²) in [5, 5.41) is 0. The van der Waals surface area contributed by atoms with Gasteiger partial charge in [-0.15, -0.1) is 0 Å². The van der Waals surface area contributed by atoms with E-state index in [0.29, 0.717) is 11.1 Å². The fourth-order valence-corrected chi connectivity index (χ4v) is 1.70. The summed E-state index contributed by atoms with van der Waals surface area (Å²) in [5.41, 5.74) is 3.15. The molecule has 0 saturated carbocycles. The molecule has 0 fully saturated rings. The van der Waals surface area contributed by atoms with Crippen molar-refractivity contribution in [3.05, 3.63) is 34.9 Å². The van der Waals surface area contributed by atoms with Crippen molar-refractivity contribution in [2.45, 2.75) is 33.2 Å². The first-order chi connectivity index (χ1) is 7.52. The summed E-state index contributed by atoms with van der Waals surface area (Å²) < 4.78 is 27.1. The van der Waals surface area contributed by atoms with Crippen LogP contribution in [0.5, 0.6) is 0 Å². The van der Waals surface area contributed by atoms with Gasteiger partial charge < -0.3 is 0 Å². The van der Waals surface area contributed by atoms with Crippen molar-refractivity contribution in [1.82, 2.24) is 5.43 Å². The molecule has 0 bridgehead atoms. The van der Waals surface area contributed by atoms with Gasteiger partial charge in [-0.2, -0.15) is 0 Å². The van der Waals surface area contributed by atoms with Crippen molar-refractivity contribution < 1.29 is 8.78 Å². The van der Waals surface area contributed by atoms with E-state index in [1.165, 1.54) is 6.92 Å². The first-order valence-corrected chi connectivity index (χ1v) is 5.43. The predicted molar refractivity (Wildman–Crippen MR) is 60.6 cm³/mol. The number of hydrazine groups is 1. The lowest BCUT2D eigenvalue weighted by atomic mass is 9.92. The fourth-order valence-electron chi connectivity index (χ4n) is 1.70. The minimum Gasteiger partial charge on any atom is -0.271 e. The fraction of sp³-hybridized carbons (Fsp3) is 0.500. The summed E-state index contributed by atoms with van der Waals surface area (Å²) in [6.45, 7) is 5.47. The second-order valence-corrected chi connectivity index (χ2v) is 4.13. The summed E-state index contributed by atoms with van der Waals surface area (Å²) in [7, 11) is 0. The molecule has 4 heteroatoms. The molecule has 2 atom stereocenters. The minimum atomic E-state index is -0.803. The van der Waals surface area contributed by atoms with Crippen LogP contribution in [0.4, 0.5) is 8.78 Å². The van der Waals surface area contributed by atoms with Gasteiger partial charge in [0.1, 0.15) is 0 Å². The lowest BCUT2D eigenvalue weighted by Crippen LogP contribution is -2.33. The molecule has 0 aliphatic carbocycles. The zero-order valence-corrected chi connectivity index (χ0v) is 9.85. The Kier molecular flexibility index (Phi) is 4.38. The summed E-state index contributed by atoms with van der Waals surface area (Å²) >= 11 is 0. The molecular weight excluding hydrogens is 210 g/mol. The molecule has 0 saturated heterocycles. The van der Waals surface area contributed by atoms with Crippen LogP contribution in [0.25, 0.3) is 0 Å². The monoisotopic (exact) mass is 228 g/mol. The number of halogens is 2. The van der Waals surface area contributed by atoms with Crippen molar-refractivity contribution in [3.8, 4) is 0 Å². The van der Waals surface area contributed by atoms with E-state index < -0.39 is 11.6 Å². The van der Waals surface area contributed by atoms with E-state index in [-0.39, 0.29) is 12.0 Å². The average Bonchev–Trinajstić information content (AvgIpc) is 2.29. The molecule has 2 unspecified atom stereocenters. The number of benzene rings is 1. The SMILES string of the molecule is CCC(C)C(NN)c1ccc(C)c(F)c1F. The standard InChI is InChI=1S/C12H18F2N2/c1-4-7(2)12(16-15)9-6-5-8(3)10(13)11(9)14/h5-7,12,16H,4,15H2,1-3H3. The third-order valence-electron chi connectivity index (χ3n) is 3.03. The molecule has 2 nitrogen and oxygen atoms in total. The highest BCUT2D eigenvalue weighted by Crippen LogP contribution is 2.27. The second kappa shape index (κ2) is 5.37. The number of rotatable bonds is 4. The second-order valence-electron chi connectivity index (χ2n) is 4.13. The van der Waals surface area contributed by atoms with Gasteiger partial charge in [-0.3, -0.25) is 11.3 Å². The van der Waals surface area contributed by atoms with Crippen LogP contribution < -0.4 is 11.3 Å². The molecule has 1 aromatic rings. The molecule has 0 spiro atoms. The molecule has 0 aliphatic heterocycles. The molecular formula is C12H18F2N2. The summed E-state index contributed by atoms with van der Waals surface area (Å²) in [6.07, 6.45) is 0.837. The van der Waals surface area contributed by atoms with Gasteiger partial charge in [-0.05, 0) is 18.4 Å². The molecule has 0 aliphatic rings. The van der Waals surface area contributed by atoms with Crippen molar-refractivity contribution in [3.63, 3.8) is 0 Å². The maximum atomic E-state index is 13.7. The molecule has 3 N–H and O–H groups in total. The Bertz CT molecular complexity index is 366. The predicted octanol–water partition coefficient (Wildman–Crippen LogP) is 2.82. The number of aryl methyl sites for hydroxylation is 1. The maximum absolute atomic E-state index is 13.7. The number of nitrogens with two attached hydrogens (primary N) is 1. The Morgan fingerprint density at radius 1 is 1.31 bits per heavy atom. The quantitative estimate of drug-likeness (QED) is 0.614. The Morgan fingerprint density at radius 2 is 1.94 bits per heavy atom. The molecule has 0 heterocycles. The van der Waals surface area contributed by atoms with E-state index in [2.05, 4.69) is 5.43 Å². The maximum Gasteiger partial charge on any atom is 0.163 e. The first kappa shape index (κ1) is 13.1. The van der Waals surface area contributed by atoms with Crippen molar-refractivity contribution in [2.75, 3.05) is 0 Å². The van der Waals surface area contributed by atoms with Crippen LogP contribution in [0.1, 0.15) is 37.4 Å². The largest absolute Gasteiger partial charge is 0.271 e. The molecule has 1 rings (SSSR count). The van der Waals surface area contributed by atoms with Gasteiger partial charge in [-0.1, -0.05) is 32.4 Å². The van der Waals surface area contributed by atoms with Gasteiger partial charge in [0.2, 0.25) is 0 Å². The van der Waals surface area contributed by atoms with Crippen LogP contribution in [0, 0.1) is 24.5 Å². The average molecular weight is 228 g/mol. The molecule has 16 heavy (non-hydrogen) atoms. The van der Waals surface area contributed by atoms with E-state index in [0.717, 1.165) is 6.42 Å². The Morgan fingerprint density at radius 3 is 2.44 bits per heavy atom. The van der Waals surface area contributed by atoms with E-state index in [9.17, 15) is 8.78 Å². The zero-order chi connectivity index (χ0) is 12.3. The van der Waals surface area contributed by atoms with Gasteiger partial charge in [0, 0.05) is 5.56 Å². The highest BCUT2D eigenvalue weighted by molar-refractivity contribution is 5.28. The smallest absolute Gasteiger partial charge is 0.163 e.